The van der Waals surface area contributed by atoms with Gasteiger partial charge in [-0.05, 0) is 18.4 Å². The van der Waals surface area contributed by atoms with E-state index < -0.39 is 18.1 Å². The Morgan fingerprint density at radius 3 is 2.60 bits per heavy atom. The summed E-state index contributed by atoms with van der Waals surface area (Å²) in [6.07, 6.45) is 1.27. The van der Waals surface area contributed by atoms with Crippen LogP contribution in [0.3, 0.4) is 0 Å². The normalized spacial score (nSPS) is 15.4. The lowest BCUT2D eigenvalue weighted by Crippen LogP contribution is -2.44. The maximum atomic E-state index is 11.5. The molecule has 2 N–H and O–H groups in total. The van der Waals surface area contributed by atoms with Crippen molar-refractivity contribution < 1.29 is 24.2 Å². The van der Waals surface area contributed by atoms with Crippen molar-refractivity contribution in [3.05, 3.63) is 35.9 Å². The molecular formula is C14H17NO5. The van der Waals surface area contributed by atoms with Crippen LogP contribution in [0.2, 0.25) is 0 Å². The van der Waals surface area contributed by atoms with E-state index in [0.717, 1.165) is 18.4 Å². The number of alkyl carbamates (subject to hydrolysis) is 1. The fourth-order valence-electron chi connectivity index (χ4n) is 1.55. The lowest BCUT2D eigenvalue weighted by Gasteiger charge is -2.14. The Balaban J connectivity index is 1.74. The Morgan fingerprint density at radius 2 is 2.00 bits per heavy atom. The van der Waals surface area contributed by atoms with Crippen molar-refractivity contribution in [2.75, 3.05) is 6.61 Å². The topological polar surface area (TPSA) is 84.9 Å². The van der Waals surface area contributed by atoms with Crippen LogP contribution in [0.25, 0.3) is 0 Å². The summed E-state index contributed by atoms with van der Waals surface area (Å²) in [5.74, 6) is -1.14. The summed E-state index contributed by atoms with van der Waals surface area (Å²) in [7, 11) is 0. The average Bonchev–Trinajstić information content (AvgIpc) is 3.26. The number of rotatable bonds is 7. The summed E-state index contributed by atoms with van der Waals surface area (Å²) in [6, 6.07) is 8.08. The number of carbonyl (C=O) groups excluding carboxylic acids is 1. The van der Waals surface area contributed by atoms with E-state index in [0.29, 0.717) is 0 Å². The largest absolute Gasteiger partial charge is 0.480 e. The van der Waals surface area contributed by atoms with Gasteiger partial charge in [0, 0.05) is 0 Å². The van der Waals surface area contributed by atoms with Crippen LogP contribution in [0.15, 0.2) is 30.3 Å². The van der Waals surface area contributed by atoms with Crippen molar-refractivity contribution >= 4 is 12.1 Å². The van der Waals surface area contributed by atoms with Gasteiger partial charge < -0.3 is 19.9 Å². The Labute approximate surface area is 116 Å². The van der Waals surface area contributed by atoms with E-state index in [1.54, 1.807) is 0 Å². The SMILES string of the molecule is O=C(N[C@H](COC1CC1)C(=O)O)OCc1ccccc1. The molecule has 20 heavy (non-hydrogen) atoms. The predicted octanol–water partition coefficient (Wildman–Crippen LogP) is 1.54. The third-order valence-electron chi connectivity index (χ3n) is 2.83. The monoisotopic (exact) mass is 279 g/mol. The fourth-order valence-corrected chi connectivity index (χ4v) is 1.55. The number of carboxylic acids is 1. The van der Waals surface area contributed by atoms with E-state index >= 15 is 0 Å². The first kappa shape index (κ1) is 14.3. The van der Waals surface area contributed by atoms with Crippen molar-refractivity contribution in [3.8, 4) is 0 Å². The van der Waals surface area contributed by atoms with Gasteiger partial charge in [-0.15, -0.1) is 0 Å². The summed E-state index contributed by atoms with van der Waals surface area (Å²) in [6.45, 7) is 0.0585. The highest BCUT2D eigenvalue weighted by atomic mass is 16.5. The fraction of sp³-hybridized carbons (Fsp3) is 0.429. The van der Waals surface area contributed by atoms with E-state index in [1.807, 2.05) is 30.3 Å². The van der Waals surface area contributed by atoms with Crippen molar-refractivity contribution in [3.63, 3.8) is 0 Å². The Morgan fingerprint density at radius 1 is 1.30 bits per heavy atom. The molecule has 1 aromatic rings. The number of hydrogen-bond acceptors (Lipinski definition) is 4. The summed E-state index contributed by atoms with van der Waals surface area (Å²) >= 11 is 0. The maximum Gasteiger partial charge on any atom is 0.408 e. The van der Waals surface area contributed by atoms with Crippen molar-refractivity contribution in [1.82, 2.24) is 5.32 Å². The smallest absolute Gasteiger partial charge is 0.408 e. The second kappa shape index (κ2) is 6.91. The van der Waals surface area contributed by atoms with Crippen LogP contribution in [0.5, 0.6) is 0 Å². The van der Waals surface area contributed by atoms with Crippen LogP contribution in [0.1, 0.15) is 18.4 Å². The van der Waals surface area contributed by atoms with Crippen LogP contribution >= 0.6 is 0 Å². The van der Waals surface area contributed by atoms with Gasteiger partial charge in [-0.25, -0.2) is 9.59 Å². The molecule has 0 saturated heterocycles. The van der Waals surface area contributed by atoms with Crippen molar-refractivity contribution in [2.45, 2.75) is 31.6 Å². The molecule has 0 aromatic heterocycles. The summed E-state index contributed by atoms with van der Waals surface area (Å²) in [5, 5.41) is 11.3. The standard InChI is InChI=1S/C14H17NO5/c16-13(17)12(9-19-11-6-7-11)15-14(18)20-8-10-4-2-1-3-5-10/h1-5,11-12H,6-9H2,(H,15,18)(H,16,17)/t12-/m1/s1. The quantitative estimate of drug-likeness (QED) is 0.791. The van der Waals surface area contributed by atoms with E-state index in [1.165, 1.54) is 0 Å². The molecule has 0 bridgehead atoms. The summed E-state index contributed by atoms with van der Waals surface area (Å²) in [5.41, 5.74) is 0.837. The zero-order valence-corrected chi connectivity index (χ0v) is 11.0. The first-order valence-corrected chi connectivity index (χ1v) is 6.47. The zero-order chi connectivity index (χ0) is 14.4. The van der Waals surface area contributed by atoms with Crippen LogP contribution in [0.4, 0.5) is 4.79 Å². The molecule has 1 amide bonds. The molecular weight excluding hydrogens is 262 g/mol. The van der Waals surface area contributed by atoms with Gasteiger partial charge in [-0.2, -0.15) is 0 Å². The highest BCUT2D eigenvalue weighted by Crippen LogP contribution is 2.23. The second-order valence-corrected chi connectivity index (χ2v) is 4.63. The number of carboxylic acid groups (broad SMARTS) is 1. The molecule has 108 valence electrons. The minimum absolute atomic E-state index is 0.0412. The Kier molecular flexibility index (Phi) is 4.95. The minimum Gasteiger partial charge on any atom is -0.480 e. The molecule has 1 atom stereocenters. The summed E-state index contributed by atoms with van der Waals surface area (Å²) < 4.78 is 10.3. The van der Waals surface area contributed by atoms with Gasteiger partial charge in [-0.3, -0.25) is 0 Å². The minimum atomic E-state index is -1.14. The van der Waals surface area contributed by atoms with Crippen LogP contribution in [-0.2, 0) is 20.9 Å². The highest BCUT2D eigenvalue weighted by molar-refractivity contribution is 5.80. The molecule has 1 aromatic carbocycles. The summed E-state index contributed by atoms with van der Waals surface area (Å²) in [4.78, 5) is 22.5. The molecule has 0 unspecified atom stereocenters. The predicted molar refractivity (Wildman–Crippen MR) is 70.2 cm³/mol. The van der Waals surface area contributed by atoms with E-state index in [4.69, 9.17) is 14.6 Å². The average molecular weight is 279 g/mol. The lowest BCUT2D eigenvalue weighted by molar-refractivity contribution is -0.141. The Bertz CT molecular complexity index is 458. The number of aliphatic carboxylic acids is 1. The molecule has 0 aliphatic heterocycles. The number of nitrogens with one attached hydrogen (secondary N) is 1. The van der Waals surface area contributed by atoms with E-state index in [9.17, 15) is 9.59 Å². The van der Waals surface area contributed by atoms with Gasteiger partial charge in [-0.1, -0.05) is 30.3 Å². The van der Waals surface area contributed by atoms with Gasteiger partial charge in [0.05, 0.1) is 12.7 Å². The van der Waals surface area contributed by atoms with Crippen LogP contribution in [-0.4, -0.2) is 35.9 Å². The number of ether oxygens (including phenoxy) is 2. The van der Waals surface area contributed by atoms with Gasteiger partial charge >= 0.3 is 12.1 Å². The second-order valence-electron chi connectivity index (χ2n) is 4.63. The lowest BCUT2D eigenvalue weighted by atomic mass is 10.2. The molecule has 6 heteroatoms. The first-order valence-electron chi connectivity index (χ1n) is 6.47. The zero-order valence-electron chi connectivity index (χ0n) is 11.0. The van der Waals surface area contributed by atoms with E-state index in [-0.39, 0.29) is 19.3 Å². The Hall–Kier alpha value is -2.08. The molecule has 1 aliphatic rings. The van der Waals surface area contributed by atoms with Gasteiger partial charge in [0.1, 0.15) is 6.61 Å². The van der Waals surface area contributed by atoms with E-state index in [2.05, 4.69) is 5.32 Å². The van der Waals surface area contributed by atoms with Gasteiger partial charge in [0.15, 0.2) is 6.04 Å². The van der Waals surface area contributed by atoms with Crippen LogP contribution in [0, 0.1) is 0 Å². The molecule has 1 fully saturated rings. The third kappa shape index (κ3) is 4.89. The molecule has 0 spiro atoms. The molecule has 0 radical (unpaired) electrons. The molecule has 1 saturated carbocycles. The van der Waals surface area contributed by atoms with Crippen molar-refractivity contribution in [1.29, 1.82) is 0 Å². The van der Waals surface area contributed by atoms with Crippen molar-refractivity contribution in [2.24, 2.45) is 0 Å². The maximum absolute atomic E-state index is 11.5. The number of amides is 1. The molecule has 6 nitrogen and oxygen atoms in total. The highest BCUT2D eigenvalue weighted by Gasteiger charge is 2.27. The van der Waals surface area contributed by atoms with Gasteiger partial charge in [0.2, 0.25) is 0 Å². The number of benzene rings is 1. The van der Waals surface area contributed by atoms with Crippen LogP contribution < -0.4 is 5.32 Å². The molecule has 2 rings (SSSR count). The molecule has 1 aliphatic carbocycles. The van der Waals surface area contributed by atoms with Gasteiger partial charge in [0.25, 0.3) is 0 Å². The molecule has 0 heterocycles. The first-order chi connectivity index (χ1) is 9.65. The number of hydrogen-bond donors (Lipinski definition) is 2. The third-order valence-corrected chi connectivity index (χ3v) is 2.83. The number of carbonyl (C=O) groups is 2.